The molecule has 0 aliphatic rings. The Bertz CT molecular complexity index is 524. The number of halogens is 1. The minimum absolute atomic E-state index is 0.00537. The van der Waals surface area contributed by atoms with Crippen molar-refractivity contribution in [1.82, 2.24) is 0 Å². The van der Waals surface area contributed by atoms with Gasteiger partial charge in [0.2, 0.25) is 5.71 Å². The molecular weight excluding hydrogens is 235 g/mol. The van der Waals surface area contributed by atoms with Crippen molar-refractivity contribution in [3.63, 3.8) is 0 Å². The highest BCUT2D eigenvalue weighted by Crippen LogP contribution is 2.28. The highest BCUT2D eigenvalue weighted by molar-refractivity contribution is 6.10. The van der Waals surface area contributed by atoms with E-state index in [1.54, 1.807) is 32.1 Å². The molecule has 0 heterocycles. The van der Waals surface area contributed by atoms with Crippen molar-refractivity contribution in [2.75, 3.05) is 5.43 Å². The first-order chi connectivity index (χ1) is 8.58. The molecule has 0 unspecified atom stereocenters. The minimum Gasteiger partial charge on any atom is -0.489 e. The number of anilines is 1. The second-order valence-electron chi connectivity index (χ2n) is 3.58. The molecule has 5 nitrogen and oxygen atoms in total. The Kier molecular flexibility index (Phi) is 4.65. The van der Waals surface area contributed by atoms with Gasteiger partial charge in [-0.3, -0.25) is 5.43 Å². The van der Waals surface area contributed by atoms with E-state index in [1.807, 2.05) is 0 Å². The maximum absolute atomic E-state index is 13.6. The van der Waals surface area contributed by atoms with Gasteiger partial charge in [0, 0.05) is 0 Å². The van der Waals surface area contributed by atoms with Crippen LogP contribution in [-0.2, 0) is 0 Å². The number of nitriles is 2. The molecule has 0 spiro atoms. The Hall–Kier alpha value is -2.60. The van der Waals surface area contributed by atoms with Gasteiger partial charge in [-0.05, 0) is 26.0 Å². The first-order valence-corrected chi connectivity index (χ1v) is 5.17. The third kappa shape index (κ3) is 3.46. The van der Waals surface area contributed by atoms with Crippen molar-refractivity contribution in [3.05, 3.63) is 24.0 Å². The van der Waals surface area contributed by atoms with Crippen LogP contribution in [0.5, 0.6) is 5.75 Å². The predicted octanol–water partition coefficient (Wildman–Crippen LogP) is 2.43. The van der Waals surface area contributed by atoms with Crippen molar-refractivity contribution in [3.8, 4) is 17.9 Å². The summed E-state index contributed by atoms with van der Waals surface area (Å²) in [5, 5.41) is 20.5. The summed E-state index contributed by atoms with van der Waals surface area (Å²) in [6, 6.07) is 7.42. The molecule has 1 aromatic carbocycles. The summed E-state index contributed by atoms with van der Waals surface area (Å²) in [7, 11) is 0. The Morgan fingerprint density at radius 1 is 1.39 bits per heavy atom. The quantitative estimate of drug-likeness (QED) is 0.653. The molecule has 18 heavy (non-hydrogen) atoms. The van der Waals surface area contributed by atoms with E-state index in [4.69, 9.17) is 15.3 Å². The number of para-hydroxylation sites is 1. The second kappa shape index (κ2) is 6.21. The van der Waals surface area contributed by atoms with Crippen LogP contribution < -0.4 is 10.2 Å². The van der Waals surface area contributed by atoms with Gasteiger partial charge in [-0.15, -0.1) is 0 Å². The summed E-state index contributed by atoms with van der Waals surface area (Å²) >= 11 is 0. The van der Waals surface area contributed by atoms with Gasteiger partial charge in [0.25, 0.3) is 0 Å². The number of hydrogen-bond donors (Lipinski definition) is 1. The highest BCUT2D eigenvalue weighted by Gasteiger charge is 2.10. The minimum atomic E-state index is -0.577. The predicted molar refractivity (Wildman–Crippen MR) is 64.4 cm³/mol. The third-order valence-corrected chi connectivity index (χ3v) is 1.83. The molecule has 1 N–H and O–H groups in total. The molecule has 0 aromatic heterocycles. The van der Waals surface area contributed by atoms with Gasteiger partial charge in [-0.1, -0.05) is 6.07 Å². The van der Waals surface area contributed by atoms with E-state index in [-0.39, 0.29) is 17.5 Å². The van der Waals surface area contributed by atoms with E-state index < -0.39 is 11.5 Å². The number of benzene rings is 1. The summed E-state index contributed by atoms with van der Waals surface area (Å²) in [6.45, 7) is 3.60. The lowest BCUT2D eigenvalue weighted by Gasteiger charge is -2.13. The molecule has 1 rings (SSSR count). The smallest absolute Gasteiger partial charge is 0.237 e. The largest absolute Gasteiger partial charge is 0.489 e. The molecule has 0 saturated heterocycles. The van der Waals surface area contributed by atoms with Crippen LogP contribution in [-0.4, -0.2) is 11.8 Å². The van der Waals surface area contributed by atoms with Crippen molar-refractivity contribution in [2.24, 2.45) is 5.10 Å². The number of hydrazone groups is 1. The van der Waals surface area contributed by atoms with Crippen LogP contribution in [0.25, 0.3) is 0 Å². The average Bonchev–Trinajstić information content (AvgIpc) is 2.32. The zero-order valence-corrected chi connectivity index (χ0v) is 9.94. The lowest BCUT2D eigenvalue weighted by molar-refractivity contribution is 0.243. The molecule has 0 amide bonds. The van der Waals surface area contributed by atoms with Crippen molar-refractivity contribution >= 4 is 11.4 Å². The van der Waals surface area contributed by atoms with Gasteiger partial charge in [-0.25, -0.2) is 4.39 Å². The molecule has 0 radical (unpaired) electrons. The fourth-order valence-electron chi connectivity index (χ4n) is 1.15. The summed E-state index contributed by atoms with van der Waals surface area (Å²) in [6.07, 6.45) is -0.136. The van der Waals surface area contributed by atoms with Gasteiger partial charge < -0.3 is 4.74 Å². The molecule has 92 valence electrons. The van der Waals surface area contributed by atoms with Crippen LogP contribution in [0.15, 0.2) is 23.3 Å². The summed E-state index contributed by atoms with van der Waals surface area (Å²) in [5.74, 6) is -0.309. The number of ether oxygens (including phenoxy) is 1. The molecule has 1 aromatic rings. The molecule has 0 atom stereocenters. The zero-order valence-electron chi connectivity index (χ0n) is 9.94. The first kappa shape index (κ1) is 13.5. The number of nitrogens with zero attached hydrogens (tertiary/aromatic N) is 3. The number of hydrogen-bond acceptors (Lipinski definition) is 5. The van der Waals surface area contributed by atoms with Crippen molar-refractivity contribution < 1.29 is 9.13 Å². The van der Waals surface area contributed by atoms with E-state index in [9.17, 15) is 4.39 Å². The van der Waals surface area contributed by atoms with Crippen LogP contribution in [0, 0.1) is 28.5 Å². The van der Waals surface area contributed by atoms with E-state index in [1.165, 1.54) is 12.1 Å². The monoisotopic (exact) mass is 246 g/mol. The Morgan fingerprint density at radius 3 is 2.61 bits per heavy atom. The van der Waals surface area contributed by atoms with Gasteiger partial charge in [0.1, 0.15) is 23.6 Å². The van der Waals surface area contributed by atoms with Crippen LogP contribution in [0.2, 0.25) is 0 Å². The highest BCUT2D eigenvalue weighted by atomic mass is 19.1. The summed E-state index contributed by atoms with van der Waals surface area (Å²) in [5.41, 5.74) is 1.93. The summed E-state index contributed by atoms with van der Waals surface area (Å²) < 4.78 is 19.0. The molecule has 0 fully saturated rings. The van der Waals surface area contributed by atoms with Crippen molar-refractivity contribution in [1.29, 1.82) is 10.5 Å². The van der Waals surface area contributed by atoms with Crippen LogP contribution >= 0.6 is 0 Å². The number of rotatable bonds is 4. The van der Waals surface area contributed by atoms with Gasteiger partial charge in [-0.2, -0.15) is 15.6 Å². The molecule has 0 bridgehead atoms. The first-order valence-electron chi connectivity index (χ1n) is 5.17. The standard InChI is InChI=1S/C12H11FN4O/c1-8(2)18-11-5-3-4-10(13)12(11)17-16-9(6-14)7-15/h3-5,8,17H,1-2H3. The number of nitrogens with one attached hydrogen (secondary N) is 1. The summed E-state index contributed by atoms with van der Waals surface area (Å²) in [4.78, 5) is 0. The maximum Gasteiger partial charge on any atom is 0.237 e. The average molecular weight is 246 g/mol. The SMILES string of the molecule is CC(C)Oc1cccc(F)c1NN=C(C#N)C#N. The topological polar surface area (TPSA) is 81.2 Å². The normalized spacial score (nSPS) is 9.22. The van der Waals surface area contributed by atoms with Crippen LogP contribution in [0.4, 0.5) is 10.1 Å². The zero-order chi connectivity index (χ0) is 13.5. The van der Waals surface area contributed by atoms with Gasteiger partial charge in [0.05, 0.1) is 6.10 Å². The Balaban J connectivity index is 3.05. The fourth-order valence-corrected chi connectivity index (χ4v) is 1.15. The second-order valence-corrected chi connectivity index (χ2v) is 3.58. The van der Waals surface area contributed by atoms with Gasteiger partial charge in [0.15, 0.2) is 5.82 Å². The molecule has 0 aliphatic heterocycles. The van der Waals surface area contributed by atoms with Crippen LogP contribution in [0.1, 0.15) is 13.8 Å². The van der Waals surface area contributed by atoms with E-state index >= 15 is 0 Å². The molecule has 0 aliphatic carbocycles. The molecule has 0 saturated carbocycles. The van der Waals surface area contributed by atoms with E-state index in [0.29, 0.717) is 0 Å². The van der Waals surface area contributed by atoms with E-state index in [0.717, 1.165) is 0 Å². The van der Waals surface area contributed by atoms with Gasteiger partial charge >= 0.3 is 0 Å². The Morgan fingerprint density at radius 2 is 2.06 bits per heavy atom. The Labute approximate surface area is 104 Å². The van der Waals surface area contributed by atoms with Crippen molar-refractivity contribution in [2.45, 2.75) is 20.0 Å². The molecular formula is C12H11FN4O. The lowest BCUT2D eigenvalue weighted by Crippen LogP contribution is -2.08. The fraction of sp³-hybridized carbons (Fsp3) is 0.250. The van der Waals surface area contributed by atoms with Crippen LogP contribution in [0.3, 0.4) is 0 Å². The lowest BCUT2D eigenvalue weighted by atomic mass is 10.3. The van der Waals surface area contributed by atoms with E-state index in [2.05, 4.69) is 10.5 Å². The maximum atomic E-state index is 13.6. The third-order valence-electron chi connectivity index (χ3n) is 1.83. The molecule has 6 heteroatoms.